The molecule has 1 saturated heterocycles. The van der Waals surface area contributed by atoms with E-state index in [4.69, 9.17) is 4.74 Å². The average molecular weight is 242 g/mol. The van der Waals surface area contributed by atoms with Crippen LogP contribution in [0.4, 0.5) is 0 Å². The molecule has 0 unspecified atom stereocenters. The van der Waals surface area contributed by atoms with Crippen LogP contribution >= 0.6 is 0 Å². The first-order valence-corrected chi connectivity index (χ1v) is 7.15. The van der Waals surface area contributed by atoms with Crippen LogP contribution in [0, 0.1) is 11.8 Å². The minimum absolute atomic E-state index is 0.808. The van der Waals surface area contributed by atoms with E-state index < -0.39 is 0 Å². The quantitative estimate of drug-likeness (QED) is 0.659. The first kappa shape index (κ1) is 14.9. The van der Waals surface area contributed by atoms with Gasteiger partial charge >= 0.3 is 0 Å². The highest BCUT2D eigenvalue weighted by atomic mass is 16.5. The third kappa shape index (κ3) is 7.74. The summed E-state index contributed by atoms with van der Waals surface area (Å²) in [6.45, 7) is 11.1. The first-order valence-electron chi connectivity index (χ1n) is 7.15. The van der Waals surface area contributed by atoms with E-state index >= 15 is 0 Å². The van der Waals surface area contributed by atoms with Gasteiger partial charge in [-0.1, -0.05) is 13.8 Å². The molecule has 0 bridgehead atoms. The lowest BCUT2D eigenvalue weighted by molar-refractivity contribution is 0.0558. The molecule has 1 aliphatic heterocycles. The first-order chi connectivity index (χ1) is 8.18. The Morgan fingerprint density at radius 3 is 2.59 bits per heavy atom. The van der Waals surface area contributed by atoms with Gasteiger partial charge < -0.3 is 15.0 Å². The van der Waals surface area contributed by atoms with E-state index in [1.807, 2.05) is 0 Å². The Bertz CT molecular complexity index is 179. The number of hydrogen-bond acceptors (Lipinski definition) is 3. The van der Waals surface area contributed by atoms with Crippen molar-refractivity contribution in [2.75, 3.05) is 46.4 Å². The monoisotopic (exact) mass is 242 g/mol. The summed E-state index contributed by atoms with van der Waals surface area (Å²) in [6.07, 6.45) is 3.76. The lowest BCUT2D eigenvalue weighted by atomic mass is 10.00. The van der Waals surface area contributed by atoms with E-state index in [1.165, 1.54) is 25.8 Å². The summed E-state index contributed by atoms with van der Waals surface area (Å²) in [6, 6.07) is 0. The molecule has 3 heteroatoms. The van der Waals surface area contributed by atoms with Crippen molar-refractivity contribution in [3.05, 3.63) is 0 Å². The highest BCUT2D eigenvalue weighted by Crippen LogP contribution is 2.15. The molecule has 0 aromatic carbocycles. The van der Waals surface area contributed by atoms with Crippen LogP contribution in [-0.2, 0) is 4.74 Å². The Labute approximate surface area is 107 Å². The van der Waals surface area contributed by atoms with Gasteiger partial charge in [0, 0.05) is 32.8 Å². The molecule has 1 fully saturated rings. The molecule has 1 N–H and O–H groups in total. The molecule has 0 radical (unpaired) electrons. The zero-order valence-corrected chi connectivity index (χ0v) is 11.9. The summed E-state index contributed by atoms with van der Waals surface area (Å²) in [4.78, 5) is 2.46. The standard InChI is InChI=1S/C14H30N2O/c1-13(2)4-7-15-8-9-16(3)12-14-5-10-17-11-6-14/h13-15H,4-12H2,1-3H3. The van der Waals surface area contributed by atoms with Crippen LogP contribution in [0.5, 0.6) is 0 Å². The summed E-state index contributed by atoms with van der Waals surface area (Å²) in [5, 5.41) is 3.52. The van der Waals surface area contributed by atoms with Crippen molar-refractivity contribution in [3.63, 3.8) is 0 Å². The second-order valence-electron chi connectivity index (χ2n) is 5.75. The number of rotatable bonds is 8. The smallest absolute Gasteiger partial charge is 0.0469 e. The molecule has 1 heterocycles. The van der Waals surface area contributed by atoms with E-state index in [2.05, 4.69) is 31.1 Å². The van der Waals surface area contributed by atoms with Crippen LogP contribution in [0.3, 0.4) is 0 Å². The van der Waals surface area contributed by atoms with Crippen molar-refractivity contribution in [3.8, 4) is 0 Å². The molecule has 102 valence electrons. The number of nitrogens with one attached hydrogen (secondary N) is 1. The van der Waals surface area contributed by atoms with E-state index in [1.54, 1.807) is 0 Å². The fourth-order valence-corrected chi connectivity index (χ4v) is 2.25. The Morgan fingerprint density at radius 1 is 1.24 bits per heavy atom. The molecule has 0 spiro atoms. The fourth-order valence-electron chi connectivity index (χ4n) is 2.25. The summed E-state index contributed by atoms with van der Waals surface area (Å²) in [5.74, 6) is 1.66. The lowest BCUT2D eigenvalue weighted by Gasteiger charge is -2.27. The van der Waals surface area contributed by atoms with E-state index in [0.29, 0.717) is 0 Å². The Balaban J connectivity index is 1.95. The number of hydrogen-bond donors (Lipinski definition) is 1. The molecule has 0 amide bonds. The molecule has 1 rings (SSSR count). The molecule has 0 saturated carbocycles. The topological polar surface area (TPSA) is 24.5 Å². The maximum Gasteiger partial charge on any atom is 0.0469 e. The molecule has 0 aromatic heterocycles. The third-order valence-corrected chi connectivity index (χ3v) is 3.48. The van der Waals surface area contributed by atoms with Crippen molar-refractivity contribution < 1.29 is 4.74 Å². The minimum Gasteiger partial charge on any atom is -0.381 e. The van der Waals surface area contributed by atoms with E-state index in [-0.39, 0.29) is 0 Å². The normalized spacial score (nSPS) is 18.2. The van der Waals surface area contributed by atoms with Crippen LogP contribution in [0.25, 0.3) is 0 Å². The summed E-state index contributed by atoms with van der Waals surface area (Å²) in [7, 11) is 2.24. The summed E-state index contributed by atoms with van der Waals surface area (Å²) < 4.78 is 5.39. The van der Waals surface area contributed by atoms with Crippen LogP contribution in [0.15, 0.2) is 0 Å². The van der Waals surface area contributed by atoms with Crippen molar-refractivity contribution >= 4 is 0 Å². The fraction of sp³-hybridized carbons (Fsp3) is 1.00. The van der Waals surface area contributed by atoms with Gasteiger partial charge in [0.25, 0.3) is 0 Å². The van der Waals surface area contributed by atoms with Gasteiger partial charge in [-0.15, -0.1) is 0 Å². The van der Waals surface area contributed by atoms with Crippen molar-refractivity contribution in [1.29, 1.82) is 0 Å². The van der Waals surface area contributed by atoms with Crippen LogP contribution in [0.1, 0.15) is 33.1 Å². The summed E-state index contributed by atoms with van der Waals surface area (Å²) in [5.41, 5.74) is 0. The second kappa shape index (κ2) is 8.90. The molecule has 0 aromatic rings. The van der Waals surface area contributed by atoms with E-state index in [9.17, 15) is 0 Å². The predicted molar refractivity (Wildman–Crippen MR) is 73.4 cm³/mol. The Kier molecular flexibility index (Phi) is 7.82. The third-order valence-electron chi connectivity index (χ3n) is 3.48. The lowest BCUT2D eigenvalue weighted by Crippen LogP contribution is -2.34. The van der Waals surface area contributed by atoms with Gasteiger partial charge in [-0.2, -0.15) is 0 Å². The molecular formula is C14H30N2O. The van der Waals surface area contributed by atoms with Gasteiger partial charge in [-0.25, -0.2) is 0 Å². The van der Waals surface area contributed by atoms with Crippen molar-refractivity contribution in [2.24, 2.45) is 11.8 Å². The number of nitrogens with zero attached hydrogens (tertiary/aromatic N) is 1. The largest absolute Gasteiger partial charge is 0.381 e. The van der Waals surface area contributed by atoms with Gasteiger partial charge in [0.2, 0.25) is 0 Å². The molecule has 1 aliphatic rings. The average Bonchev–Trinajstić information content (AvgIpc) is 2.29. The molecule has 3 nitrogen and oxygen atoms in total. The molecule has 17 heavy (non-hydrogen) atoms. The van der Waals surface area contributed by atoms with Gasteiger partial charge in [-0.3, -0.25) is 0 Å². The SMILES string of the molecule is CC(C)CCNCCN(C)CC1CCOCC1. The zero-order chi connectivity index (χ0) is 12.5. The molecule has 0 aliphatic carbocycles. The van der Waals surface area contributed by atoms with Gasteiger partial charge in [-0.05, 0) is 44.7 Å². The maximum absolute atomic E-state index is 5.39. The second-order valence-corrected chi connectivity index (χ2v) is 5.75. The Morgan fingerprint density at radius 2 is 1.94 bits per heavy atom. The highest BCUT2D eigenvalue weighted by Gasteiger charge is 2.15. The van der Waals surface area contributed by atoms with Gasteiger partial charge in [0.1, 0.15) is 0 Å². The Hall–Kier alpha value is -0.120. The van der Waals surface area contributed by atoms with Crippen LogP contribution < -0.4 is 5.32 Å². The summed E-state index contributed by atoms with van der Waals surface area (Å²) >= 11 is 0. The number of ether oxygens (including phenoxy) is 1. The molecule has 0 atom stereocenters. The minimum atomic E-state index is 0.808. The zero-order valence-electron chi connectivity index (χ0n) is 11.9. The van der Waals surface area contributed by atoms with Crippen molar-refractivity contribution in [1.82, 2.24) is 10.2 Å². The molecular weight excluding hydrogens is 212 g/mol. The highest BCUT2D eigenvalue weighted by molar-refractivity contribution is 4.67. The van der Waals surface area contributed by atoms with Crippen molar-refractivity contribution in [2.45, 2.75) is 33.1 Å². The van der Waals surface area contributed by atoms with Gasteiger partial charge in [0.15, 0.2) is 0 Å². The maximum atomic E-state index is 5.39. The van der Waals surface area contributed by atoms with Gasteiger partial charge in [0.05, 0.1) is 0 Å². The van der Waals surface area contributed by atoms with E-state index in [0.717, 1.165) is 44.7 Å². The number of likely N-dealkylation sites (N-methyl/N-ethyl adjacent to an activating group) is 1. The van der Waals surface area contributed by atoms with Crippen LogP contribution in [0.2, 0.25) is 0 Å². The predicted octanol–water partition coefficient (Wildman–Crippen LogP) is 1.98. The van der Waals surface area contributed by atoms with Crippen LogP contribution in [-0.4, -0.2) is 51.3 Å².